The highest BCUT2D eigenvalue weighted by Crippen LogP contribution is 2.38. The molecule has 0 aromatic carbocycles. The van der Waals surface area contributed by atoms with Crippen LogP contribution in [0.5, 0.6) is 0 Å². The number of thioether (sulfide) groups is 1. The summed E-state index contributed by atoms with van der Waals surface area (Å²) in [7, 11) is -4.50. The molecule has 2 rings (SSSR count). The summed E-state index contributed by atoms with van der Waals surface area (Å²) in [6, 6.07) is 3.62. The Kier molecular flexibility index (Phi) is 5.64. The smallest absolute Gasteiger partial charge is 0.282 e. The molecule has 1 atom stereocenters. The molecule has 0 aliphatic rings. The molecule has 0 radical (unpaired) electrons. The molecule has 1 N–H and O–H groups in total. The maximum Gasteiger partial charge on any atom is 0.436 e. The first kappa shape index (κ1) is 20.2. The molecule has 2 heterocycles. The Morgan fingerprint density at radius 3 is 2.50 bits per heavy atom. The molecular formula is C14H13F3N4O3S2. The molecule has 0 aliphatic heterocycles. The molecule has 2 aromatic rings. The zero-order chi connectivity index (χ0) is 19.7. The first-order chi connectivity index (χ1) is 12.0. The summed E-state index contributed by atoms with van der Waals surface area (Å²) in [4.78, 5) is 3.24. The number of pyridine rings is 1. The van der Waals surface area contributed by atoms with Crippen molar-refractivity contribution in [3.8, 4) is 11.9 Å². The first-order valence-electron chi connectivity index (χ1n) is 7.20. The van der Waals surface area contributed by atoms with Gasteiger partial charge in [0.15, 0.2) is 11.5 Å². The number of hydrogen-bond acceptors (Lipinski definition) is 6. The molecule has 0 amide bonds. The fourth-order valence-electron chi connectivity index (χ4n) is 1.89. The molecule has 0 spiro atoms. The van der Waals surface area contributed by atoms with Gasteiger partial charge in [-0.25, -0.2) is 9.67 Å². The van der Waals surface area contributed by atoms with Crippen molar-refractivity contribution < 1.29 is 26.1 Å². The van der Waals surface area contributed by atoms with Gasteiger partial charge in [0, 0.05) is 5.25 Å². The lowest BCUT2D eigenvalue weighted by molar-refractivity contribution is -0.141. The quantitative estimate of drug-likeness (QED) is 0.599. The van der Waals surface area contributed by atoms with Crippen molar-refractivity contribution in [2.75, 3.05) is 0 Å². The number of alkyl halides is 3. The van der Waals surface area contributed by atoms with Gasteiger partial charge < -0.3 is 0 Å². The molecule has 12 heteroatoms. The van der Waals surface area contributed by atoms with Crippen LogP contribution < -0.4 is 0 Å². The Balaban J connectivity index is 2.67. The molecule has 26 heavy (non-hydrogen) atoms. The molecule has 7 nitrogen and oxygen atoms in total. The van der Waals surface area contributed by atoms with Crippen LogP contribution in [-0.4, -0.2) is 33.0 Å². The maximum absolute atomic E-state index is 13.2. The van der Waals surface area contributed by atoms with Crippen LogP contribution in [0, 0.1) is 11.3 Å². The third-order valence-corrected chi connectivity index (χ3v) is 5.52. The molecule has 0 saturated carbocycles. The van der Waals surface area contributed by atoms with Crippen molar-refractivity contribution in [2.45, 2.75) is 41.6 Å². The van der Waals surface area contributed by atoms with E-state index in [0.717, 1.165) is 34.8 Å². The fraction of sp³-hybridized carbons (Fsp3) is 0.357. The number of nitriles is 1. The van der Waals surface area contributed by atoms with E-state index in [-0.39, 0.29) is 16.1 Å². The van der Waals surface area contributed by atoms with Gasteiger partial charge >= 0.3 is 6.18 Å². The SMILES string of the molecule is CCC(C)Sc1c(C#N)c(C(F)(F)F)nn1-c1ccc(S(=O)(=O)O)cn1. The Labute approximate surface area is 151 Å². The zero-order valence-electron chi connectivity index (χ0n) is 13.5. The van der Waals surface area contributed by atoms with Crippen LogP contribution in [-0.2, 0) is 16.3 Å². The predicted molar refractivity (Wildman–Crippen MR) is 86.5 cm³/mol. The van der Waals surface area contributed by atoms with Crippen LogP contribution in [0.3, 0.4) is 0 Å². The Morgan fingerprint density at radius 1 is 1.42 bits per heavy atom. The summed E-state index contributed by atoms with van der Waals surface area (Å²) in [5.41, 5.74) is -1.96. The van der Waals surface area contributed by atoms with Gasteiger partial charge in [0.05, 0.1) is 6.20 Å². The van der Waals surface area contributed by atoms with Gasteiger partial charge in [0.1, 0.15) is 21.6 Å². The summed E-state index contributed by atoms with van der Waals surface area (Å²) in [5, 5.41) is 12.5. The Hall–Kier alpha value is -2.10. The summed E-state index contributed by atoms with van der Waals surface area (Å²) < 4.78 is 71.6. The van der Waals surface area contributed by atoms with E-state index in [9.17, 15) is 26.9 Å². The van der Waals surface area contributed by atoms with Gasteiger partial charge in [-0.2, -0.15) is 31.9 Å². The highest BCUT2D eigenvalue weighted by molar-refractivity contribution is 7.99. The molecular weight excluding hydrogens is 393 g/mol. The van der Waals surface area contributed by atoms with Crippen molar-refractivity contribution in [1.29, 1.82) is 5.26 Å². The van der Waals surface area contributed by atoms with Gasteiger partial charge in [0.2, 0.25) is 0 Å². The highest BCUT2D eigenvalue weighted by atomic mass is 32.2. The lowest BCUT2D eigenvalue weighted by atomic mass is 10.2. The van der Waals surface area contributed by atoms with E-state index in [1.54, 1.807) is 6.92 Å². The van der Waals surface area contributed by atoms with Gasteiger partial charge in [0.25, 0.3) is 10.1 Å². The van der Waals surface area contributed by atoms with Crippen molar-refractivity contribution >= 4 is 21.9 Å². The third kappa shape index (κ3) is 4.17. The summed E-state index contributed by atoms with van der Waals surface area (Å²) in [5.74, 6) is -0.116. The van der Waals surface area contributed by atoms with Crippen LogP contribution in [0.1, 0.15) is 31.5 Å². The Morgan fingerprint density at radius 2 is 2.08 bits per heavy atom. The standard InChI is InChI=1S/C14H13F3N4O3S2/c1-3-8(2)25-13-10(6-18)12(14(15,16)17)20-21(13)11-5-4-9(7-19-11)26(22,23)24/h4-5,7-8H,3H2,1-2H3,(H,22,23,24). The maximum atomic E-state index is 13.2. The average molecular weight is 406 g/mol. The zero-order valence-corrected chi connectivity index (χ0v) is 15.2. The van der Waals surface area contributed by atoms with E-state index in [2.05, 4.69) is 10.1 Å². The van der Waals surface area contributed by atoms with Crippen LogP contribution in [0.25, 0.3) is 5.82 Å². The molecule has 0 fully saturated rings. The lowest BCUT2D eigenvalue weighted by Crippen LogP contribution is -2.09. The minimum atomic E-state index is -4.84. The van der Waals surface area contributed by atoms with Crippen molar-refractivity contribution in [2.24, 2.45) is 0 Å². The second-order valence-corrected chi connectivity index (χ2v) is 8.06. The molecule has 140 valence electrons. The van der Waals surface area contributed by atoms with E-state index in [4.69, 9.17) is 4.55 Å². The van der Waals surface area contributed by atoms with Gasteiger partial charge in [-0.05, 0) is 18.6 Å². The third-order valence-electron chi connectivity index (χ3n) is 3.35. The minimum Gasteiger partial charge on any atom is -0.282 e. The van der Waals surface area contributed by atoms with E-state index in [0.29, 0.717) is 6.42 Å². The minimum absolute atomic E-state index is 0.0405. The topological polar surface area (TPSA) is 109 Å². The number of nitrogens with zero attached hydrogens (tertiary/aromatic N) is 4. The van der Waals surface area contributed by atoms with E-state index in [1.807, 2.05) is 6.92 Å². The first-order valence-corrected chi connectivity index (χ1v) is 9.51. The predicted octanol–water partition coefficient (Wildman–Crippen LogP) is 3.30. The van der Waals surface area contributed by atoms with E-state index < -0.39 is 32.4 Å². The summed E-state index contributed by atoms with van der Waals surface area (Å²) in [6.45, 7) is 3.62. The lowest BCUT2D eigenvalue weighted by Gasteiger charge is -2.10. The number of hydrogen-bond donors (Lipinski definition) is 1. The van der Waals surface area contributed by atoms with Gasteiger partial charge in [-0.3, -0.25) is 4.55 Å². The second-order valence-electron chi connectivity index (χ2n) is 5.21. The van der Waals surface area contributed by atoms with Crippen molar-refractivity contribution in [3.63, 3.8) is 0 Å². The normalized spacial score (nSPS) is 13.4. The number of rotatable bonds is 5. The van der Waals surface area contributed by atoms with Crippen LogP contribution in [0.4, 0.5) is 13.2 Å². The molecule has 0 aliphatic carbocycles. The van der Waals surface area contributed by atoms with Crippen molar-refractivity contribution in [3.05, 3.63) is 29.6 Å². The number of aromatic nitrogens is 3. The molecule has 2 aromatic heterocycles. The van der Waals surface area contributed by atoms with Crippen LogP contribution >= 0.6 is 11.8 Å². The van der Waals surface area contributed by atoms with E-state index in [1.165, 1.54) is 6.07 Å². The second kappa shape index (κ2) is 7.26. The summed E-state index contributed by atoms with van der Waals surface area (Å²) >= 11 is 1.03. The van der Waals surface area contributed by atoms with Crippen LogP contribution in [0.2, 0.25) is 0 Å². The highest BCUT2D eigenvalue weighted by Gasteiger charge is 2.40. The van der Waals surface area contributed by atoms with E-state index >= 15 is 0 Å². The largest absolute Gasteiger partial charge is 0.436 e. The molecule has 0 saturated heterocycles. The number of halogens is 3. The van der Waals surface area contributed by atoms with Gasteiger partial charge in [-0.15, -0.1) is 11.8 Å². The fourth-order valence-corrected chi connectivity index (χ4v) is 3.36. The Bertz CT molecular complexity index is 948. The molecule has 1 unspecified atom stereocenters. The molecule has 0 bridgehead atoms. The van der Waals surface area contributed by atoms with Crippen LogP contribution in [0.15, 0.2) is 28.3 Å². The monoisotopic (exact) mass is 406 g/mol. The van der Waals surface area contributed by atoms with Crippen molar-refractivity contribution in [1.82, 2.24) is 14.8 Å². The summed E-state index contributed by atoms with van der Waals surface area (Å²) in [6.07, 6.45) is -3.41. The van der Waals surface area contributed by atoms with Gasteiger partial charge in [-0.1, -0.05) is 13.8 Å². The average Bonchev–Trinajstić information content (AvgIpc) is 2.92.